The Morgan fingerprint density at radius 2 is 1.59 bits per heavy atom. The number of fused-ring (bicyclic) bond motifs is 1. The maximum Gasteiger partial charge on any atom is 0.253 e. The van der Waals surface area contributed by atoms with E-state index in [4.69, 9.17) is 0 Å². The number of hydrogen-bond acceptors (Lipinski definition) is 3. The van der Waals surface area contributed by atoms with Crippen molar-refractivity contribution in [3.05, 3.63) is 65.9 Å². The highest BCUT2D eigenvalue weighted by Gasteiger charge is 2.29. The van der Waals surface area contributed by atoms with Crippen molar-refractivity contribution in [2.45, 2.75) is 19.3 Å². The standard InChI is InChI=1S/C25H26N4O3/c30-23(15-19-16-26-22-4-2-1-3-21(19)22)28-11-13-29(14-12-28)25(32)18-7-9-20(10-8-18)27-24(31)17-5-6-17/h1-4,7-10,16-17,26H,5-6,11-15H2,(H,27,31). The maximum atomic E-state index is 12.9. The normalized spacial score (nSPS) is 16.2. The summed E-state index contributed by atoms with van der Waals surface area (Å²) in [6, 6.07) is 15.0. The summed E-state index contributed by atoms with van der Waals surface area (Å²) in [5.41, 5.74) is 3.33. The Hall–Kier alpha value is -3.61. The number of anilines is 1. The molecule has 32 heavy (non-hydrogen) atoms. The first-order valence-corrected chi connectivity index (χ1v) is 11.1. The molecule has 5 rings (SSSR count). The molecular formula is C25H26N4O3. The van der Waals surface area contributed by atoms with Crippen molar-refractivity contribution in [1.29, 1.82) is 0 Å². The Kier molecular flexibility index (Phi) is 5.39. The molecule has 2 aliphatic rings. The zero-order valence-electron chi connectivity index (χ0n) is 17.8. The van der Waals surface area contributed by atoms with E-state index < -0.39 is 0 Å². The lowest BCUT2D eigenvalue weighted by Crippen LogP contribution is -2.51. The second-order valence-electron chi connectivity index (χ2n) is 8.55. The van der Waals surface area contributed by atoms with E-state index in [1.807, 2.05) is 35.4 Å². The van der Waals surface area contributed by atoms with Gasteiger partial charge in [0.05, 0.1) is 6.42 Å². The molecule has 3 aromatic rings. The van der Waals surface area contributed by atoms with Crippen molar-refractivity contribution in [3.8, 4) is 0 Å². The van der Waals surface area contributed by atoms with E-state index in [1.165, 1.54) is 0 Å². The van der Waals surface area contributed by atoms with Crippen molar-refractivity contribution < 1.29 is 14.4 Å². The highest BCUT2D eigenvalue weighted by Crippen LogP contribution is 2.30. The third kappa shape index (κ3) is 4.23. The van der Waals surface area contributed by atoms with E-state index in [0.29, 0.717) is 43.9 Å². The SMILES string of the molecule is O=C(Nc1ccc(C(=O)N2CCN(C(=O)Cc3c[nH]c4ccccc34)CC2)cc1)C1CC1. The van der Waals surface area contributed by atoms with Crippen LogP contribution in [-0.2, 0) is 16.0 Å². The Bertz CT molecular complexity index is 1160. The summed E-state index contributed by atoms with van der Waals surface area (Å²) >= 11 is 0. The van der Waals surface area contributed by atoms with Crippen LogP contribution in [0.15, 0.2) is 54.7 Å². The van der Waals surface area contributed by atoms with Crippen LogP contribution in [0.3, 0.4) is 0 Å². The molecule has 1 saturated carbocycles. The Morgan fingerprint density at radius 3 is 2.31 bits per heavy atom. The topological polar surface area (TPSA) is 85.5 Å². The van der Waals surface area contributed by atoms with Crippen LogP contribution >= 0.6 is 0 Å². The number of H-pyrrole nitrogens is 1. The van der Waals surface area contributed by atoms with Crippen LogP contribution < -0.4 is 5.32 Å². The first-order chi connectivity index (χ1) is 15.6. The van der Waals surface area contributed by atoms with Gasteiger partial charge in [0.25, 0.3) is 5.91 Å². The van der Waals surface area contributed by atoms with Crippen molar-refractivity contribution in [3.63, 3.8) is 0 Å². The lowest BCUT2D eigenvalue weighted by molar-refractivity contribution is -0.131. The molecule has 2 fully saturated rings. The van der Waals surface area contributed by atoms with Crippen LogP contribution in [0.4, 0.5) is 5.69 Å². The Labute approximate surface area is 186 Å². The first-order valence-electron chi connectivity index (χ1n) is 11.1. The minimum absolute atomic E-state index is 0.0474. The average Bonchev–Trinajstić information content (AvgIpc) is 3.61. The van der Waals surface area contributed by atoms with Crippen LogP contribution in [-0.4, -0.2) is 58.7 Å². The average molecular weight is 431 g/mol. The number of aromatic amines is 1. The molecule has 0 spiro atoms. The zero-order valence-corrected chi connectivity index (χ0v) is 17.8. The molecule has 0 radical (unpaired) electrons. The van der Waals surface area contributed by atoms with Gasteiger partial charge in [-0.2, -0.15) is 0 Å². The van der Waals surface area contributed by atoms with Gasteiger partial charge in [-0.3, -0.25) is 14.4 Å². The van der Waals surface area contributed by atoms with Gasteiger partial charge in [-0.15, -0.1) is 0 Å². The minimum Gasteiger partial charge on any atom is -0.361 e. The van der Waals surface area contributed by atoms with Crippen molar-refractivity contribution in [1.82, 2.24) is 14.8 Å². The lowest BCUT2D eigenvalue weighted by Gasteiger charge is -2.35. The number of carbonyl (C=O) groups excluding carboxylic acids is 3. The molecule has 3 amide bonds. The van der Waals surface area contributed by atoms with Crippen LogP contribution in [0.2, 0.25) is 0 Å². The lowest BCUT2D eigenvalue weighted by atomic mass is 10.1. The van der Waals surface area contributed by atoms with Gasteiger partial charge in [0.2, 0.25) is 11.8 Å². The highest BCUT2D eigenvalue weighted by atomic mass is 16.2. The maximum absolute atomic E-state index is 12.9. The van der Waals surface area contributed by atoms with Gasteiger partial charge < -0.3 is 20.1 Å². The van der Waals surface area contributed by atoms with Gasteiger partial charge in [-0.05, 0) is 48.7 Å². The second kappa shape index (κ2) is 8.49. The number of nitrogens with zero attached hydrogens (tertiary/aromatic N) is 2. The molecule has 1 aliphatic carbocycles. The molecular weight excluding hydrogens is 404 g/mol. The third-order valence-electron chi connectivity index (χ3n) is 6.28. The molecule has 2 N–H and O–H groups in total. The number of aromatic nitrogens is 1. The number of piperazine rings is 1. The third-order valence-corrected chi connectivity index (χ3v) is 6.28. The molecule has 0 bridgehead atoms. The predicted octanol–water partition coefficient (Wildman–Crippen LogP) is 3.04. The van der Waals surface area contributed by atoms with E-state index >= 15 is 0 Å². The fourth-order valence-corrected chi connectivity index (χ4v) is 4.18. The second-order valence-corrected chi connectivity index (χ2v) is 8.55. The molecule has 2 heterocycles. The summed E-state index contributed by atoms with van der Waals surface area (Å²) in [6.07, 6.45) is 4.17. The van der Waals surface area contributed by atoms with Crippen LogP contribution in [0.5, 0.6) is 0 Å². The smallest absolute Gasteiger partial charge is 0.253 e. The minimum atomic E-state index is -0.0474. The molecule has 7 nitrogen and oxygen atoms in total. The largest absolute Gasteiger partial charge is 0.361 e. The first kappa shape index (κ1) is 20.3. The number of carbonyl (C=O) groups is 3. The van der Waals surface area contributed by atoms with Gasteiger partial charge >= 0.3 is 0 Å². The summed E-state index contributed by atoms with van der Waals surface area (Å²) < 4.78 is 0. The zero-order chi connectivity index (χ0) is 22.1. The predicted molar refractivity (Wildman–Crippen MR) is 122 cm³/mol. The summed E-state index contributed by atoms with van der Waals surface area (Å²) in [6.45, 7) is 2.09. The van der Waals surface area contributed by atoms with Gasteiger partial charge in [0.15, 0.2) is 0 Å². The Morgan fingerprint density at radius 1 is 0.906 bits per heavy atom. The van der Waals surface area contributed by atoms with Gasteiger partial charge in [0, 0.05) is 60.4 Å². The number of benzene rings is 2. The summed E-state index contributed by atoms with van der Waals surface area (Å²) in [7, 11) is 0. The summed E-state index contributed by atoms with van der Waals surface area (Å²) in [5, 5.41) is 3.96. The van der Waals surface area contributed by atoms with Crippen molar-refractivity contribution in [2.75, 3.05) is 31.5 Å². The van der Waals surface area contributed by atoms with Crippen LogP contribution in [0, 0.1) is 5.92 Å². The van der Waals surface area contributed by atoms with Gasteiger partial charge in [-0.25, -0.2) is 0 Å². The van der Waals surface area contributed by atoms with E-state index in [2.05, 4.69) is 10.3 Å². The molecule has 2 aromatic carbocycles. The molecule has 1 aliphatic heterocycles. The van der Waals surface area contributed by atoms with E-state index in [9.17, 15) is 14.4 Å². The van der Waals surface area contributed by atoms with Gasteiger partial charge in [0.1, 0.15) is 0 Å². The number of amides is 3. The molecule has 164 valence electrons. The Balaban J connectivity index is 1.15. The molecule has 0 atom stereocenters. The highest BCUT2D eigenvalue weighted by molar-refractivity contribution is 5.97. The van der Waals surface area contributed by atoms with E-state index in [-0.39, 0.29) is 23.6 Å². The van der Waals surface area contributed by atoms with E-state index in [1.54, 1.807) is 29.2 Å². The quantitative estimate of drug-likeness (QED) is 0.652. The number of nitrogens with one attached hydrogen (secondary N) is 2. The molecule has 0 unspecified atom stereocenters. The monoisotopic (exact) mass is 430 g/mol. The molecule has 1 aromatic heterocycles. The van der Waals surface area contributed by atoms with E-state index in [0.717, 1.165) is 29.3 Å². The number of hydrogen-bond donors (Lipinski definition) is 2. The summed E-state index contributed by atoms with van der Waals surface area (Å²) in [5.74, 6) is 0.232. The van der Waals surface area contributed by atoms with Crippen molar-refractivity contribution in [2.24, 2.45) is 5.92 Å². The molecule has 1 saturated heterocycles. The number of rotatable bonds is 5. The number of para-hydroxylation sites is 1. The van der Waals surface area contributed by atoms with Crippen molar-refractivity contribution >= 4 is 34.3 Å². The fourth-order valence-electron chi connectivity index (χ4n) is 4.18. The summed E-state index contributed by atoms with van der Waals surface area (Å²) in [4.78, 5) is 44.4. The molecule has 7 heteroatoms. The van der Waals surface area contributed by atoms with Gasteiger partial charge in [-0.1, -0.05) is 18.2 Å². The fraction of sp³-hybridized carbons (Fsp3) is 0.320. The van der Waals surface area contributed by atoms with Crippen LogP contribution in [0.1, 0.15) is 28.8 Å². The van der Waals surface area contributed by atoms with Crippen LogP contribution in [0.25, 0.3) is 10.9 Å².